The van der Waals surface area contributed by atoms with Crippen LogP contribution in [0.25, 0.3) is 6.08 Å². The number of carbonyl (C=O) groups is 2. The molecular formula is C26H21I2NO3S. The van der Waals surface area contributed by atoms with Crippen molar-refractivity contribution < 1.29 is 14.3 Å². The molecule has 4 nitrogen and oxygen atoms in total. The number of rotatable bonds is 8. The van der Waals surface area contributed by atoms with Crippen LogP contribution in [0.4, 0.5) is 4.79 Å². The van der Waals surface area contributed by atoms with Gasteiger partial charge < -0.3 is 4.74 Å². The van der Waals surface area contributed by atoms with Crippen LogP contribution in [-0.2, 0) is 17.8 Å². The van der Waals surface area contributed by atoms with Crippen LogP contribution in [-0.4, -0.2) is 22.6 Å². The number of nitrogens with zero attached hydrogens (tertiary/aromatic N) is 1. The Hall–Kier alpha value is -1.85. The summed E-state index contributed by atoms with van der Waals surface area (Å²) in [5.74, 6) is 0.576. The predicted molar refractivity (Wildman–Crippen MR) is 150 cm³/mol. The molecule has 1 aliphatic rings. The SMILES string of the molecule is O=C1S/C(=C/c2ccc(OCc3ccc(I)cc3)c(I)c2)C(=O)N1CCCc1ccccc1. The second-order valence-electron chi connectivity index (χ2n) is 7.53. The molecule has 1 saturated heterocycles. The molecule has 1 fully saturated rings. The van der Waals surface area contributed by atoms with Gasteiger partial charge in [0.25, 0.3) is 11.1 Å². The molecule has 0 N–H and O–H groups in total. The Labute approximate surface area is 225 Å². The number of hydrogen-bond donors (Lipinski definition) is 0. The van der Waals surface area contributed by atoms with Gasteiger partial charge in [-0.1, -0.05) is 48.5 Å². The molecule has 0 saturated carbocycles. The van der Waals surface area contributed by atoms with E-state index in [4.69, 9.17) is 4.74 Å². The molecule has 1 heterocycles. The monoisotopic (exact) mass is 681 g/mol. The summed E-state index contributed by atoms with van der Waals surface area (Å²) in [6.07, 6.45) is 3.37. The third-order valence-corrected chi connectivity index (χ3v) is 7.59. The fourth-order valence-electron chi connectivity index (χ4n) is 3.40. The first-order valence-electron chi connectivity index (χ1n) is 10.5. The summed E-state index contributed by atoms with van der Waals surface area (Å²) in [6, 6.07) is 24.1. The molecule has 4 rings (SSSR count). The highest BCUT2D eigenvalue weighted by Gasteiger charge is 2.34. The highest BCUT2D eigenvalue weighted by atomic mass is 127. The molecule has 0 aliphatic carbocycles. The Morgan fingerprint density at radius 1 is 0.909 bits per heavy atom. The molecular weight excluding hydrogens is 660 g/mol. The maximum Gasteiger partial charge on any atom is 0.293 e. The van der Waals surface area contributed by atoms with Crippen LogP contribution in [0.3, 0.4) is 0 Å². The van der Waals surface area contributed by atoms with Gasteiger partial charge in [-0.05, 0) is 117 Å². The summed E-state index contributed by atoms with van der Waals surface area (Å²) in [5, 5.41) is -0.202. The number of halogens is 2. The fourth-order valence-corrected chi connectivity index (χ4v) is 5.32. The first-order valence-corrected chi connectivity index (χ1v) is 13.4. The number of aryl methyl sites for hydroxylation is 1. The van der Waals surface area contributed by atoms with E-state index in [2.05, 4.69) is 81.6 Å². The Morgan fingerprint density at radius 3 is 2.39 bits per heavy atom. The van der Waals surface area contributed by atoms with Crippen molar-refractivity contribution in [3.63, 3.8) is 0 Å². The molecule has 3 aromatic rings. The normalized spacial score (nSPS) is 14.8. The molecule has 0 unspecified atom stereocenters. The van der Waals surface area contributed by atoms with Gasteiger partial charge in [0.1, 0.15) is 12.4 Å². The van der Waals surface area contributed by atoms with E-state index in [1.165, 1.54) is 14.0 Å². The van der Waals surface area contributed by atoms with Crippen LogP contribution in [0.1, 0.15) is 23.1 Å². The molecule has 2 amide bonds. The number of imide groups is 1. The second kappa shape index (κ2) is 11.5. The van der Waals surface area contributed by atoms with E-state index in [0.29, 0.717) is 18.1 Å². The average molecular weight is 681 g/mol. The number of amides is 2. The van der Waals surface area contributed by atoms with Crippen molar-refractivity contribution in [3.05, 3.63) is 102 Å². The van der Waals surface area contributed by atoms with Crippen LogP contribution < -0.4 is 4.74 Å². The Bertz CT molecular complexity index is 1180. The lowest BCUT2D eigenvalue weighted by atomic mass is 10.1. The van der Waals surface area contributed by atoms with E-state index < -0.39 is 0 Å². The van der Waals surface area contributed by atoms with Crippen molar-refractivity contribution in [2.75, 3.05) is 6.54 Å². The quantitative estimate of drug-likeness (QED) is 0.187. The summed E-state index contributed by atoms with van der Waals surface area (Å²) in [5.41, 5.74) is 3.19. The molecule has 0 spiro atoms. The van der Waals surface area contributed by atoms with Gasteiger partial charge in [0.2, 0.25) is 0 Å². The zero-order valence-electron chi connectivity index (χ0n) is 17.7. The van der Waals surface area contributed by atoms with Crippen LogP contribution in [0.15, 0.2) is 77.7 Å². The highest BCUT2D eigenvalue weighted by molar-refractivity contribution is 14.1. The molecule has 168 valence electrons. The molecule has 7 heteroatoms. The van der Waals surface area contributed by atoms with Gasteiger partial charge in [-0.2, -0.15) is 0 Å². The zero-order chi connectivity index (χ0) is 23.2. The predicted octanol–water partition coefficient (Wildman–Crippen LogP) is 7.14. The molecule has 0 bridgehead atoms. The highest BCUT2D eigenvalue weighted by Crippen LogP contribution is 2.33. The summed E-state index contributed by atoms with van der Waals surface area (Å²) in [4.78, 5) is 27.0. The molecule has 0 aromatic heterocycles. The Morgan fingerprint density at radius 2 is 1.67 bits per heavy atom. The summed E-state index contributed by atoms with van der Waals surface area (Å²) < 4.78 is 8.10. The second-order valence-corrected chi connectivity index (χ2v) is 10.9. The number of ether oxygens (including phenoxy) is 1. The van der Waals surface area contributed by atoms with Gasteiger partial charge >= 0.3 is 0 Å². The lowest BCUT2D eigenvalue weighted by molar-refractivity contribution is -0.122. The molecule has 3 aromatic carbocycles. The van der Waals surface area contributed by atoms with E-state index in [9.17, 15) is 9.59 Å². The van der Waals surface area contributed by atoms with Gasteiger partial charge in [-0.3, -0.25) is 14.5 Å². The van der Waals surface area contributed by atoms with Gasteiger partial charge in [0.15, 0.2) is 0 Å². The number of thioether (sulfide) groups is 1. The Kier molecular flexibility index (Phi) is 8.48. The topological polar surface area (TPSA) is 46.6 Å². The average Bonchev–Trinajstić information content (AvgIpc) is 3.07. The van der Waals surface area contributed by atoms with Gasteiger partial charge in [0.05, 0.1) is 8.48 Å². The summed E-state index contributed by atoms with van der Waals surface area (Å²) >= 11 is 5.52. The van der Waals surface area contributed by atoms with Crippen molar-refractivity contribution in [3.8, 4) is 5.75 Å². The largest absolute Gasteiger partial charge is 0.488 e. The van der Waals surface area contributed by atoms with E-state index in [0.717, 1.165) is 45.1 Å². The lowest BCUT2D eigenvalue weighted by Crippen LogP contribution is -2.29. The van der Waals surface area contributed by atoms with Gasteiger partial charge in [0, 0.05) is 10.1 Å². The number of hydrogen-bond acceptors (Lipinski definition) is 4. The van der Waals surface area contributed by atoms with Crippen LogP contribution >= 0.6 is 56.9 Å². The van der Waals surface area contributed by atoms with Crippen molar-refractivity contribution >= 4 is 74.2 Å². The molecule has 33 heavy (non-hydrogen) atoms. The maximum absolute atomic E-state index is 12.8. The number of carbonyl (C=O) groups excluding carboxylic acids is 2. The van der Waals surface area contributed by atoms with Crippen LogP contribution in [0.2, 0.25) is 0 Å². The molecule has 1 aliphatic heterocycles. The summed E-state index contributed by atoms with van der Waals surface area (Å²) in [7, 11) is 0. The van der Waals surface area contributed by atoms with E-state index >= 15 is 0 Å². The van der Waals surface area contributed by atoms with E-state index in [1.54, 1.807) is 6.08 Å². The van der Waals surface area contributed by atoms with E-state index in [1.807, 2.05) is 36.4 Å². The van der Waals surface area contributed by atoms with E-state index in [-0.39, 0.29) is 11.1 Å². The lowest BCUT2D eigenvalue weighted by Gasteiger charge is -2.12. The van der Waals surface area contributed by atoms with Gasteiger partial charge in [-0.25, -0.2) is 0 Å². The van der Waals surface area contributed by atoms with Gasteiger partial charge in [-0.15, -0.1) is 0 Å². The summed E-state index contributed by atoms with van der Waals surface area (Å²) in [6.45, 7) is 0.924. The minimum absolute atomic E-state index is 0.202. The maximum atomic E-state index is 12.8. The minimum atomic E-state index is -0.216. The Balaban J connectivity index is 1.36. The fraction of sp³-hybridized carbons (Fsp3) is 0.154. The first-order chi connectivity index (χ1) is 16.0. The van der Waals surface area contributed by atoms with Crippen molar-refractivity contribution in [2.24, 2.45) is 0 Å². The van der Waals surface area contributed by atoms with Crippen LogP contribution in [0.5, 0.6) is 5.75 Å². The standard InChI is InChI=1S/C26H21I2NO3S/c27-21-11-8-19(9-12-21)17-32-23-13-10-20(15-22(23)28)16-24-25(30)29(26(31)33-24)14-4-7-18-5-2-1-3-6-18/h1-3,5-6,8-13,15-16H,4,7,14,17H2/b24-16+. The molecule has 0 radical (unpaired) electrons. The first kappa shape index (κ1) is 24.3. The zero-order valence-corrected chi connectivity index (χ0v) is 22.8. The number of benzene rings is 3. The van der Waals surface area contributed by atoms with Crippen molar-refractivity contribution in [1.29, 1.82) is 0 Å². The minimum Gasteiger partial charge on any atom is -0.488 e. The van der Waals surface area contributed by atoms with Crippen molar-refractivity contribution in [1.82, 2.24) is 4.90 Å². The third kappa shape index (κ3) is 6.60. The van der Waals surface area contributed by atoms with Crippen LogP contribution in [0, 0.1) is 7.14 Å². The van der Waals surface area contributed by atoms with Crippen molar-refractivity contribution in [2.45, 2.75) is 19.4 Å². The third-order valence-electron chi connectivity index (χ3n) is 5.12. The molecule has 0 atom stereocenters. The smallest absolute Gasteiger partial charge is 0.293 e.